The first-order chi connectivity index (χ1) is 12.1. The molecule has 5 nitrogen and oxygen atoms in total. The van der Waals surface area contributed by atoms with Crippen molar-refractivity contribution in [2.24, 2.45) is 0 Å². The summed E-state index contributed by atoms with van der Waals surface area (Å²) in [7, 11) is 0. The molecule has 1 aromatic heterocycles. The van der Waals surface area contributed by atoms with Crippen molar-refractivity contribution in [2.75, 3.05) is 42.9 Å². The van der Waals surface area contributed by atoms with Gasteiger partial charge in [0.15, 0.2) is 0 Å². The number of carbonyl (C=O) groups excluding carboxylic acids is 1. The van der Waals surface area contributed by atoms with Crippen LogP contribution in [0.2, 0.25) is 0 Å². The number of benzene rings is 1. The standard InChI is InChI=1S/C20H26N4O/c1-4-23-10-12-24(13-11-23)17-8-9-18(15(2)14-17)22-20(25)19-7-5-6-16(3)21-19/h5-9,14H,4,10-13H2,1-3H3,(H,22,25). The van der Waals surface area contributed by atoms with Crippen molar-refractivity contribution < 1.29 is 4.79 Å². The number of piperazine rings is 1. The Morgan fingerprint density at radius 1 is 1.12 bits per heavy atom. The minimum Gasteiger partial charge on any atom is -0.369 e. The maximum atomic E-state index is 12.4. The molecule has 0 unspecified atom stereocenters. The Kier molecular flexibility index (Phi) is 5.34. The molecular formula is C20H26N4O. The maximum Gasteiger partial charge on any atom is 0.274 e. The lowest BCUT2D eigenvalue weighted by Gasteiger charge is -2.35. The molecule has 0 bridgehead atoms. The zero-order chi connectivity index (χ0) is 17.8. The molecule has 0 radical (unpaired) electrons. The minimum absolute atomic E-state index is 0.170. The van der Waals surface area contributed by atoms with Crippen LogP contribution in [0.25, 0.3) is 0 Å². The lowest BCUT2D eigenvalue weighted by molar-refractivity contribution is 0.102. The van der Waals surface area contributed by atoms with E-state index in [-0.39, 0.29) is 5.91 Å². The van der Waals surface area contributed by atoms with E-state index in [4.69, 9.17) is 0 Å². The molecule has 1 saturated heterocycles. The third kappa shape index (κ3) is 4.17. The molecule has 132 valence electrons. The minimum atomic E-state index is -0.170. The van der Waals surface area contributed by atoms with Gasteiger partial charge in [0.1, 0.15) is 5.69 Å². The Morgan fingerprint density at radius 2 is 1.88 bits per heavy atom. The number of aryl methyl sites for hydroxylation is 2. The SMILES string of the molecule is CCN1CCN(c2ccc(NC(=O)c3cccc(C)n3)c(C)c2)CC1. The van der Waals surface area contributed by atoms with Gasteiger partial charge in [-0.1, -0.05) is 13.0 Å². The normalized spacial score (nSPS) is 15.2. The van der Waals surface area contributed by atoms with Crippen molar-refractivity contribution in [3.05, 3.63) is 53.3 Å². The van der Waals surface area contributed by atoms with Gasteiger partial charge < -0.3 is 15.1 Å². The van der Waals surface area contributed by atoms with Gasteiger partial charge in [-0.2, -0.15) is 0 Å². The van der Waals surface area contributed by atoms with Crippen LogP contribution in [0.5, 0.6) is 0 Å². The number of pyridine rings is 1. The zero-order valence-corrected chi connectivity index (χ0v) is 15.2. The van der Waals surface area contributed by atoms with Crippen molar-refractivity contribution >= 4 is 17.3 Å². The Labute approximate surface area is 149 Å². The summed E-state index contributed by atoms with van der Waals surface area (Å²) in [6.07, 6.45) is 0. The lowest BCUT2D eigenvalue weighted by atomic mass is 10.1. The largest absolute Gasteiger partial charge is 0.369 e. The van der Waals surface area contributed by atoms with Crippen LogP contribution in [-0.2, 0) is 0 Å². The molecule has 2 heterocycles. The summed E-state index contributed by atoms with van der Waals surface area (Å²) < 4.78 is 0. The van der Waals surface area contributed by atoms with Crippen LogP contribution >= 0.6 is 0 Å². The third-order valence-corrected chi connectivity index (χ3v) is 4.76. The van der Waals surface area contributed by atoms with Crippen molar-refractivity contribution in [2.45, 2.75) is 20.8 Å². The van der Waals surface area contributed by atoms with Crippen LogP contribution in [0.3, 0.4) is 0 Å². The van der Waals surface area contributed by atoms with Gasteiger partial charge in [0, 0.05) is 43.2 Å². The Morgan fingerprint density at radius 3 is 2.52 bits per heavy atom. The first-order valence-electron chi connectivity index (χ1n) is 8.90. The molecule has 2 aromatic rings. The van der Waals surface area contributed by atoms with Gasteiger partial charge in [0.2, 0.25) is 0 Å². The molecule has 1 amide bonds. The van der Waals surface area contributed by atoms with Crippen molar-refractivity contribution in [3.8, 4) is 0 Å². The summed E-state index contributed by atoms with van der Waals surface area (Å²) in [6, 6.07) is 11.7. The van der Waals surface area contributed by atoms with Crippen molar-refractivity contribution in [1.29, 1.82) is 0 Å². The van der Waals surface area contributed by atoms with Crippen LogP contribution in [-0.4, -0.2) is 48.5 Å². The molecule has 0 atom stereocenters. The van der Waals surface area contributed by atoms with E-state index >= 15 is 0 Å². The van der Waals surface area contributed by atoms with Crippen LogP contribution in [0.1, 0.15) is 28.7 Å². The summed E-state index contributed by atoms with van der Waals surface area (Å²) in [6.45, 7) is 11.5. The third-order valence-electron chi connectivity index (χ3n) is 4.76. The molecule has 1 N–H and O–H groups in total. The van der Waals surface area contributed by atoms with E-state index in [0.717, 1.165) is 49.7 Å². The van der Waals surface area contributed by atoms with Gasteiger partial charge >= 0.3 is 0 Å². The van der Waals surface area contributed by atoms with E-state index < -0.39 is 0 Å². The molecule has 1 aliphatic rings. The second kappa shape index (κ2) is 7.66. The van der Waals surface area contributed by atoms with Crippen LogP contribution in [0.4, 0.5) is 11.4 Å². The van der Waals surface area contributed by atoms with Crippen LogP contribution < -0.4 is 10.2 Å². The number of anilines is 2. The second-order valence-electron chi connectivity index (χ2n) is 6.54. The lowest BCUT2D eigenvalue weighted by Crippen LogP contribution is -2.46. The predicted molar refractivity (Wildman–Crippen MR) is 102 cm³/mol. The first kappa shape index (κ1) is 17.4. The monoisotopic (exact) mass is 338 g/mol. The van der Waals surface area contributed by atoms with E-state index in [1.165, 1.54) is 5.69 Å². The number of likely N-dealkylation sites (N-methyl/N-ethyl adjacent to an activating group) is 1. The van der Waals surface area contributed by atoms with E-state index in [1.807, 2.05) is 32.0 Å². The summed E-state index contributed by atoms with van der Waals surface area (Å²) >= 11 is 0. The second-order valence-corrected chi connectivity index (χ2v) is 6.54. The fraction of sp³-hybridized carbons (Fsp3) is 0.400. The highest BCUT2D eigenvalue weighted by atomic mass is 16.1. The number of rotatable bonds is 4. The van der Waals surface area contributed by atoms with E-state index in [0.29, 0.717) is 5.69 Å². The Balaban J connectivity index is 1.69. The van der Waals surface area contributed by atoms with Gasteiger partial charge in [0.05, 0.1) is 0 Å². The van der Waals surface area contributed by atoms with E-state index in [2.05, 4.69) is 39.2 Å². The molecular weight excluding hydrogens is 312 g/mol. The Bertz CT molecular complexity index is 751. The Hall–Kier alpha value is -2.40. The van der Waals surface area contributed by atoms with Crippen molar-refractivity contribution in [3.63, 3.8) is 0 Å². The number of aromatic nitrogens is 1. The van der Waals surface area contributed by atoms with Gasteiger partial charge in [-0.15, -0.1) is 0 Å². The molecule has 0 saturated carbocycles. The van der Waals surface area contributed by atoms with Gasteiger partial charge in [-0.25, -0.2) is 4.98 Å². The quantitative estimate of drug-likeness (QED) is 0.931. The molecule has 1 aliphatic heterocycles. The summed E-state index contributed by atoms with van der Waals surface area (Å²) in [4.78, 5) is 21.5. The average molecular weight is 338 g/mol. The number of nitrogens with zero attached hydrogens (tertiary/aromatic N) is 3. The maximum absolute atomic E-state index is 12.4. The number of amides is 1. The highest BCUT2D eigenvalue weighted by Crippen LogP contribution is 2.24. The number of hydrogen-bond acceptors (Lipinski definition) is 4. The van der Waals surface area contributed by atoms with E-state index in [9.17, 15) is 4.79 Å². The molecule has 0 spiro atoms. The number of carbonyl (C=O) groups is 1. The molecule has 3 rings (SSSR count). The summed E-state index contributed by atoms with van der Waals surface area (Å²) in [5, 5.41) is 2.97. The topological polar surface area (TPSA) is 48.5 Å². The number of hydrogen-bond donors (Lipinski definition) is 1. The zero-order valence-electron chi connectivity index (χ0n) is 15.2. The highest BCUT2D eigenvalue weighted by molar-refractivity contribution is 6.03. The fourth-order valence-electron chi connectivity index (χ4n) is 3.16. The van der Waals surface area contributed by atoms with Gasteiger partial charge in [-0.05, 0) is 56.3 Å². The van der Waals surface area contributed by atoms with Crippen LogP contribution in [0.15, 0.2) is 36.4 Å². The molecule has 1 aromatic carbocycles. The van der Waals surface area contributed by atoms with Gasteiger partial charge in [0.25, 0.3) is 5.91 Å². The highest BCUT2D eigenvalue weighted by Gasteiger charge is 2.17. The van der Waals surface area contributed by atoms with Gasteiger partial charge in [-0.3, -0.25) is 4.79 Å². The number of nitrogens with one attached hydrogen (secondary N) is 1. The fourth-order valence-corrected chi connectivity index (χ4v) is 3.16. The van der Waals surface area contributed by atoms with Crippen molar-refractivity contribution in [1.82, 2.24) is 9.88 Å². The van der Waals surface area contributed by atoms with E-state index in [1.54, 1.807) is 6.07 Å². The van der Waals surface area contributed by atoms with Crippen LogP contribution in [0, 0.1) is 13.8 Å². The predicted octanol–water partition coefficient (Wildman–Crippen LogP) is 3.09. The smallest absolute Gasteiger partial charge is 0.274 e. The summed E-state index contributed by atoms with van der Waals surface area (Å²) in [5.41, 5.74) is 4.41. The summed E-state index contributed by atoms with van der Waals surface area (Å²) in [5.74, 6) is -0.170. The molecule has 0 aliphatic carbocycles. The molecule has 5 heteroatoms. The first-order valence-corrected chi connectivity index (χ1v) is 8.90. The average Bonchev–Trinajstić information content (AvgIpc) is 2.63. The molecule has 1 fully saturated rings. The molecule has 25 heavy (non-hydrogen) atoms.